The molecule has 0 radical (unpaired) electrons. The summed E-state index contributed by atoms with van der Waals surface area (Å²) in [5.74, 6) is 1.54. The Morgan fingerprint density at radius 2 is 2.19 bits per heavy atom. The van der Waals surface area contributed by atoms with Gasteiger partial charge in [0.1, 0.15) is 11.4 Å². The Bertz CT molecular complexity index is 631. The van der Waals surface area contributed by atoms with Gasteiger partial charge in [-0.3, -0.25) is 4.68 Å². The summed E-state index contributed by atoms with van der Waals surface area (Å²) in [5.41, 5.74) is 1.45. The molecule has 0 aliphatic carbocycles. The van der Waals surface area contributed by atoms with Crippen LogP contribution in [-0.4, -0.2) is 33.4 Å². The smallest absolute Gasteiger partial charge is 0.162 e. The Kier molecular flexibility index (Phi) is 3.63. The van der Waals surface area contributed by atoms with Crippen molar-refractivity contribution < 1.29 is 4.74 Å². The molecule has 1 aliphatic rings. The van der Waals surface area contributed by atoms with E-state index in [0.717, 1.165) is 48.8 Å². The molecular formula is C15H21N5O. The van der Waals surface area contributed by atoms with Crippen molar-refractivity contribution in [2.45, 2.75) is 31.8 Å². The molecule has 112 valence electrons. The lowest BCUT2D eigenvalue weighted by Crippen LogP contribution is -2.32. The molecule has 3 heterocycles. The van der Waals surface area contributed by atoms with Gasteiger partial charge in [-0.2, -0.15) is 5.10 Å². The maximum Gasteiger partial charge on any atom is 0.162 e. The Morgan fingerprint density at radius 3 is 2.81 bits per heavy atom. The van der Waals surface area contributed by atoms with Crippen LogP contribution in [0.1, 0.15) is 32.0 Å². The SMILES string of the molecule is CNc1cc(-c2cnn(C)c2)nc(C2(C)CCCCO2)n1. The topological polar surface area (TPSA) is 64.9 Å². The summed E-state index contributed by atoms with van der Waals surface area (Å²) < 4.78 is 7.75. The summed E-state index contributed by atoms with van der Waals surface area (Å²) in [7, 11) is 3.76. The molecule has 21 heavy (non-hydrogen) atoms. The number of anilines is 1. The van der Waals surface area contributed by atoms with Gasteiger partial charge in [0.2, 0.25) is 0 Å². The molecule has 1 unspecified atom stereocenters. The first kappa shape index (κ1) is 14.0. The van der Waals surface area contributed by atoms with Crippen molar-refractivity contribution >= 4 is 5.82 Å². The molecule has 3 rings (SSSR count). The molecule has 0 saturated carbocycles. The molecule has 6 heteroatoms. The summed E-state index contributed by atoms with van der Waals surface area (Å²) in [6.07, 6.45) is 6.97. The van der Waals surface area contributed by atoms with Gasteiger partial charge in [-0.1, -0.05) is 0 Å². The molecule has 0 spiro atoms. The predicted molar refractivity (Wildman–Crippen MR) is 80.9 cm³/mol. The van der Waals surface area contributed by atoms with Crippen LogP contribution in [0.5, 0.6) is 0 Å². The minimum Gasteiger partial charge on any atom is -0.373 e. The van der Waals surface area contributed by atoms with E-state index in [1.165, 1.54) is 0 Å². The van der Waals surface area contributed by atoms with E-state index in [1.807, 2.05) is 32.6 Å². The highest BCUT2D eigenvalue weighted by Gasteiger charge is 2.33. The Labute approximate surface area is 124 Å². The second-order valence-electron chi connectivity index (χ2n) is 5.65. The van der Waals surface area contributed by atoms with E-state index in [9.17, 15) is 0 Å². The van der Waals surface area contributed by atoms with E-state index < -0.39 is 5.60 Å². The summed E-state index contributed by atoms with van der Waals surface area (Å²) in [5, 5.41) is 7.32. The molecule has 1 atom stereocenters. The number of hydrogen-bond acceptors (Lipinski definition) is 5. The predicted octanol–water partition coefficient (Wildman–Crippen LogP) is 2.33. The van der Waals surface area contributed by atoms with Crippen molar-refractivity contribution in [3.63, 3.8) is 0 Å². The zero-order chi connectivity index (χ0) is 14.9. The average Bonchev–Trinajstić information content (AvgIpc) is 2.94. The van der Waals surface area contributed by atoms with Crippen molar-refractivity contribution in [2.24, 2.45) is 7.05 Å². The maximum absolute atomic E-state index is 5.97. The third-order valence-electron chi connectivity index (χ3n) is 3.92. The van der Waals surface area contributed by atoms with Crippen molar-refractivity contribution in [3.05, 3.63) is 24.3 Å². The highest BCUT2D eigenvalue weighted by atomic mass is 16.5. The van der Waals surface area contributed by atoms with Gasteiger partial charge in [0.25, 0.3) is 0 Å². The van der Waals surface area contributed by atoms with Crippen LogP contribution >= 0.6 is 0 Å². The monoisotopic (exact) mass is 287 g/mol. The summed E-state index contributed by atoms with van der Waals surface area (Å²) >= 11 is 0. The quantitative estimate of drug-likeness (QED) is 0.938. The highest BCUT2D eigenvalue weighted by Crippen LogP contribution is 2.34. The number of ether oxygens (including phenoxy) is 1. The lowest BCUT2D eigenvalue weighted by atomic mass is 9.95. The number of hydrogen-bond donors (Lipinski definition) is 1. The molecule has 1 saturated heterocycles. The number of nitrogens with one attached hydrogen (secondary N) is 1. The summed E-state index contributed by atoms with van der Waals surface area (Å²) in [6.45, 7) is 2.85. The summed E-state index contributed by atoms with van der Waals surface area (Å²) in [4.78, 5) is 9.34. The van der Waals surface area contributed by atoms with Gasteiger partial charge < -0.3 is 10.1 Å². The lowest BCUT2D eigenvalue weighted by Gasteiger charge is -2.32. The van der Waals surface area contributed by atoms with Gasteiger partial charge in [0, 0.05) is 38.5 Å². The minimum absolute atomic E-state index is 0.401. The zero-order valence-corrected chi connectivity index (χ0v) is 12.8. The van der Waals surface area contributed by atoms with Crippen molar-refractivity contribution in [3.8, 4) is 11.3 Å². The van der Waals surface area contributed by atoms with Crippen LogP contribution in [0, 0.1) is 0 Å². The normalized spacial score (nSPS) is 22.2. The first-order valence-corrected chi connectivity index (χ1v) is 7.31. The second kappa shape index (κ2) is 5.44. The average molecular weight is 287 g/mol. The number of aryl methyl sites for hydroxylation is 1. The van der Waals surface area contributed by atoms with Crippen LogP contribution in [0.25, 0.3) is 11.3 Å². The number of rotatable bonds is 3. The van der Waals surface area contributed by atoms with E-state index >= 15 is 0 Å². The van der Waals surface area contributed by atoms with Gasteiger partial charge in [0.15, 0.2) is 5.82 Å². The van der Waals surface area contributed by atoms with Crippen LogP contribution in [-0.2, 0) is 17.4 Å². The molecule has 2 aromatic rings. The third kappa shape index (κ3) is 2.76. The molecule has 0 bridgehead atoms. The molecule has 6 nitrogen and oxygen atoms in total. The highest BCUT2D eigenvalue weighted by molar-refractivity contribution is 5.61. The number of nitrogens with zero attached hydrogens (tertiary/aromatic N) is 4. The summed E-state index contributed by atoms with van der Waals surface area (Å²) in [6, 6.07) is 1.94. The first-order chi connectivity index (χ1) is 10.1. The van der Waals surface area contributed by atoms with E-state index in [2.05, 4.69) is 22.3 Å². The van der Waals surface area contributed by atoms with Crippen molar-refractivity contribution in [1.29, 1.82) is 0 Å². The first-order valence-electron chi connectivity index (χ1n) is 7.31. The van der Waals surface area contributed by atoms with Gasteiger partial charge >= 0.3 is 0 Å². The largest absolute Gasteiger partial charge is 0.373 e. The molecule has 2 aromatic heterocycles. The molecule has 0 amide bonds. The molecule has 1 aliphatic heterocycles. The Hall–Kier alpha value is -1.95. The van der Waals surface area contributed by atoms with Gasteiger partial charge in [0.05, 0.1) is 11.9 Å². The Balaban J connectivity index is 2.04. The minimum atomic E-state index is -0.401. The van der Waals surface area contributed by atoms with Gasteiger partial charge in [-0.05, 0) is 26.2 Å². The number of aromatic nitrogens is 4. The van der Waals surface area contributed by atoms with Crippen molar-refractivity contribution in [2.75, 3.05) is 19.0 Å². The van der Waals surface area contributed by atoms with E-state index in [4.69, 9.17) is 9.72 Å². The van der Waals surface area contributed by atoms with Gasteiger partial charge in [-0.15, -0.1) is 0 Å². The van der Waals surface area contributed by atoms with Crippen molar-refractivity contribution in [1.82, 2.24) is 19.7 Å². The lowest BCUT2D eigenvalue weighted by molar-refractivity contribution is -0.0759. The molecular weight excluding hydrogens is 266 g/mol. The van der Waals surface area contributed by atoms with Crippen LogP contribution < -0.4 is 5.32 Å². The molecule has 0 aromatic carbocycles. The Morgan fingerprint density at radius 1 is 1.33 bits per heavy atom. The standard InChI is InChI=1S/C15H21N5O/c1-15(6-4-5-7-21-15)14-18-12(8-13(16-2)19-14)11-9-17-20(3)10-11/h8-10H,4-7H2,1-3H3,(H,16,18,19). The van der Waals surface area contributed by atoms with E-state index in [1.54, 1.807) is 4.68 Å². The van der Waals surface area contributed by atoms with Crippen LogP contribution in [0.3, 0.4) is 0 Å². The maximum atomic E-state index is 5.97. The van der Waals surface area contributed by atoms with E-state index in [0.29, 0.717) is 0 Å². The third-order valence-corrected chi connectivity index (χ3v) is 3.92. The molecule has 1 fully saturated rings. The van der Waals surface area contributed by atoms with Crippen LogP contribution in [0.4, 0.5) is 5.82 Å². The fourth-order valence-corrected chi connectivity index (χ4v) is 2.62. The fraction of sp³-hybridized carbons (Fsp3) is 0.533. The second-order valence-corrected chi connectivity index (χ2v) is 5.65. The van der Waals surface area contributed by atoms with E-state index in [-0.39, 0.29) is 0 Å². The fourth-order valence-electron chi connectivity index (χ4n) is 2.62. The van der Waals surface area contributed by atoms with Gasteiger partial charge in [-0.25, -0.2) is 9.97 Å². The van der Waals surface area contributed by atoms with Crippen LogP contribution in [0.15, 0.2) is 18.5 Å². The van der Waals surface area contributed by atoms with Crippen LogP contribution in [0.2, 0.25) is 0 Å². The molecule has 1 N–H and O–H groups in total. The zero-order valence-electron chi connectivity index (χ0n) is 12.8.